The van der Waals surface area contributed by atoms with Gasteiger partial charge in [0.1, 0.15) is 5.00 Å². The topological polar surface area (TPSA) is 55.4 Å². The number of halogens is 1. The molecule has 6 heteroatoms. The molecule has 0 saturated heterocycles. The number of hydrogen-bond acceptors (Lipinski definition) is 4. The van der Waals surface area contributed by atoms with Gasteiger partial charge in [0.25, 0.3) is 0 Å². The summed E-state index contributed by atoms with van der Waals surface area (Å²) in [4.78, 5) is 24.2. The van der Waals surface area contributed by atoms with Gasteiger partial charge < -0.3 is 10.1 Å². The molecule has 1 aliphatic rings. The van der Waals surface area contributed by atoms with E-state index in [4.69, 9.17) is 4.74 Å². The number of nitrogens with one attached hydrogen (secondary N) is 1. The molecule has 1 saturated carbocycles. The standard InChI is InChI=1S/C14H18BrNO3S/c1-4-19-12(17)10-9(8-5-6-8)7-20-11(10)16-13(18)14(2,3)15/h7-8H,4-6H2,1-3H3,(H,16,18). The molecule has 20 heavy (non-hydrogen) atoms. The Bertz CT molecular complexity index is 529. The summed E-state index contributed by atoms with van der Waals surface area (Å²) in [6.07, 6.45) is 2.20. The van der Waals surface area contributed by atoms with Gasteiger partial charge in [-0.1, -0.05) is 15.9 Å². The van der Waals surface area contributed by atoms with E-state index in [1.165, 1.54) is 11.3 Å². The number of carbonyl (C=O) groups is 2. The summed E-state index contributed by atoms with van der Waals surface area (Å²) in [5.74, 6) is -0.0844. The third-order valence-corrected chi connectivity index (χ3v) is 4.36. The first-order valence-corrected chi connectivity index (χ1v) is 8.30. The number of esters is 1. The molecule has 0 aliphatic heterocycles. The molecule has 0 bridgehead atoms. The first-order valence-electron chi connectivity index (χ1n) is 6.63. The fourth-order valence-electron chi connectivity index (χ4n) is 1.82. The number of amides is 1. The Kier molecular flexibility index (Phi) is 4.54. The molecule has 0 spiro atoms. The van der Waals surface area contributed by atoms with Crippen molar-refractivity contribution >= 4 is 44.1 Å². The van der Waals surface area contributed by atoms with Crippen molar-refractivity contribution in [2.75, 3.05) is 11.9 Å². The quantitative estimate of drug-likeness (QED) is 0.640. The lowest BCUT2D eigenvalue weighted by molar-refractivity contribution is -0.117. The van der Waals surface area contributed by atoms with Crippen molar-refractivity contribution in [3.63, 3.8) is 0 Å². The summed E-state index contributed by atoms with van der Waals surface area (Å²) in [5.41, 5.74) is 1.54. The highest BCUT2D eigenvalue weighted by Gasteiger charge is 2.33. The number of rotatable bonds is 5. The second-order valence-electron chi connectivity index (χ2n) is 5.32. The van der Waals surface area contributed by atoms with Crippen LogP contribution in [0.4, 0.5) is 5.00 Å². The van der Waals surface area contributed by atoms with Crippen LogP contribution in [0.2, 0.25) is 0 Å². The Morgan fingerprint density at radius 1 is 1.50 bits per heavy atom. The van der Waals surface area contributed by atoms with Crippen LogP contribution >= 0.6 is 27.3 Å². The highest BCUT2D eigenvalue weighted by atomic mass is 79.9. The minimum Gasteiger partial charge on any atom is -0.462 e. The van der Waals surface area contributed by atoms with E-state index < -0.39 is 4.32 Å². The van der Waals surface area contributed by atoms with Crippen LogP contribution in [-0.2, 0) is 9.53 Å². The minimum absolute atomic E-state index is 0.174. The maximum Gasteiger partial charge on any atom is 0.341 e. The van der Waals surface area contributed by atoms with E-state index in [2.05, 4.69) is 21.2 Å². The Labute approximate surface area is 131 Å². The summed E-state index contributed by atoms with van der Waals surface area (Å²) in [5, 5.41) is 5.37. The maximum atomic E-state index is 12.1. The van der Waals surface area contributed by atoms with E-state index in [0.29, 0.717) is 23.1 Å². The zero-order chi connectivity index (χ0) is 14.9. The van der Waals surface area contributed by atoms with Gasteiger partial charge in [-0.3, -0.25) is 4.79 Å². The lowest BCUT2D eigenvalue weighted by Crippen LogP contribution is -2.31. The van der Waals surface area contributed by atoms with E-state index in [9.17, 15) is 9.59 Å². The third kappa shape index (κ3) is 3.41. The molecule has 1 aromatic rings. The molecule has 1 amide bonds. The third-order valence-electron chi connectivity index (χ3n) is 3.08. The molecule has 2 rings (SSSR count). The molecule has 0 radical (unpaired) electrons. The first kappa shape index (κ1) is 15.5. The van der Waals surface area contributed by atoms with Crippen LogP contribution in [0, 0.1) is 0 Å². The van der Waals surface area contributed by atoms with Gasteiger partial charge in [0.2, 0.25) is 5.91 Å². The molecule has 1 N–H and O–H groups in total. The Morgan fingerprint density at radius 2 is 2.15 bits per heavy atom. The Morgan fingerprint density at radius 3 is 2.65 bits per heavy atom. The van der Waals surface area contributed by atoms with Gasteiger partial charge in [0.15, 0.2) is 0 Å². The second-order valence-corrected chi connectivity index (χ2v) is 8.18. The van der Waals surface area contributed by atoms with Crippen LogP contribution in [0.3, 0.4) is 0 Å². The molecule has 1 fully saturated rings. The summed E-state index contributed by atoms with van der Waals surface area (Å²) < 4.78 is 4.44. The monoisotopic (exact) mass is 359 g/mol. The fraction of sp³-hybridized carbons (Fsp3) is 0.571. The van der Waals surface area contributed by atoms with E-state index in [1.54, 1.807) is 20.8 Å². The minimum atomic E-state index is -0.678. The zero-order valence-electron chi connectivity index (χ0n) is 11.8. The van der Waals surface area contributed by atoms with Gasteiger partial charge in [0.05, 0.1) is 16.5 Å². The van der Waals surface area contributed by atoms with E-state index >= 15 is 0 Å². The van der Waals surface area contributed by atoms with Crippen LogP contribution in [-0.4, -0.2) is 22.8 Å². The molecule has 1 heterocycles. The average Bonchev–Trinajstić information content (AvgIpc) is 3.10. The maximum absolute atomic E-state index is 12.1. The van der Waals surface area contributed by atoms with Gasteiger partial charge in [-0.05, 0) is 50.5 Å². The molecule has 110 valence electrons. The number of anilines is 1. The Balaban J connectivity index is 2.28. The molecule has 1 aliphatic carbocycles. The molecule has 0 atom stereocenters. The largest absolute Gasteiger partial charge is 0.462 e. The number of alkyl halides is 1. The molecule has 0 aromatic carbocycles. The summed E-state index contributed by atoms with van der Waals surface area (Å²) in [6, 6.07) is 0. The van der Waals surface area contributed by atoms with Gasteiger partial charge in [-0.2, -0.15) is 0 Å². The predicted octanol–water partition coefficient (Wildman–Crippen LogP) is 3.91. The molecular formula is C14H18BrNO3S. The lowest BCUT2D eigenvalue weighted by Gasteiger charge is -2.16. The number of ether oxygens (including phenoxy) is 1. The highest BCUT2D eigenvalue weighted by molar-refractivity contribution is 9.10. The number of carbonyl (C=O) groups excluding carboxylic acids is 2. The molecule has 4 nitrogen and oxygen atoms in total. The number of thiophene rings is 1. The van der Waals surface area contributed by atoms with E-state index in [-0.39, 0.29) is 11.9 Å². The van der Waals surface area contributed by atoms with Crippen LogP contribution in [0.5, 0.6) is 0 Å². The molecule has 1 aromatic heterocycles. The van der Waals surface area contributed by atoms with Crippen LogP contribution in [0.1, 0.15) is 55.5 Å². The van der Waals surface area contributed by atoms with E-state index in [0.717, 1.165) is 18.4 Å². The van der Waals surface area contributed by atoms with Crippen LogP contribution < -0.4 is 5.32 Å². The summed E-state index contributed by atoms with van der Waals surface area (Å²) in [7, 11) is 0. The van der Waals surface area contributed by atoms with Gasteiger partial charge in [-0.25, -0.2) is 4.79 Å². The van der Waals surface area contributed by atoms with Crippen LogP contribution in [0.15, 0.2) is 5.38 Å². The van der Waals surface area contributed by atoms with E-state index in [1.807, 2.05) is 5.38 Å². The first-order chi connectivity index (χ1) is 9.34. The Hall–Kier alpha value is -0.880. The summed E-state index contributed by atoms with van der Waals surface area (Å²) >= 11 is 4.71. The van der Waals surface area contributed by atoms with Gasteiger partial charge in [-0.15, -0.1) is 11.3 Å². The van der Waals surface area contributed by atoms with Crippen LogP contribution in [0.25, 0.3) is 0 Å². The SMILES string of the molecule is CCOC(=O)c1c(C2CC2)csc1NC(=O)C(C)(C)Br. The van der Waals surface area contributed by atoms with Crippen molar-refractivity contribution in [3.05, 3.63) is 16.5 Å². The van der Waals surface area contributed by atoms with Gasteiger partial charge >= 0.3 is 5.97 Å². The molecule has 0 unspecified atom stereocenters. The normalized spacial score (nSPS) is 15.0. The summed E-state index contributed by atoms with van der Waals surface area (Å²) in [6.45, 7) is 5.64. The van der Waals surface area contributed by atoms with Gasteiger partial charge in [0, 0.05) is 0 Å². The predicted molar refractivity (Wildman–Crippen MR) is 83.9 cm³/mol. The van der Waals surface area contributed by atoms with Crippen molar-refractivity contribution < 1.29 is 14.3 Å². The molecular weight excluding hydrogens is 342 g/mol. The lowest BCUT2D eigenvalue weighted by atomic mass is 10.1. The second kappa shape index (κ2) is 5.85. The average molecular weight is 360 g/mol. The number of hydrogen-bond donors (Lipinski definition) is 1. The van der Waals surface area contributed by atoms with Crippen molar-refractivity contribution in [1.29, 1.82) is 0 Å². The van der Waals surface area contributed by atoms with Crippen molar-refractivity contribution in [3.8, 4) is 0 Å². The highest BCUT2D eigenvalue weighted by Crippen LogP contribution is 2.46. The van der Waals surface area contributed by atoms with Crippen molar-refractivity contribution in [2.45, 2.75) is 43.9 Å². The zero-order valence-corrected chi connectivity index (χ0v) is 14.2. The van der Waals surface area contributed by atoms with Crippen molar-refractivity contribution in [1.82, 2.24) is 0 Å². The smallest absolute Gasteiger partial charge is 0.341 e. The fourth-order valence-corrected chi connectivity index (χ4v) is 2.95. The van der Waals surface area contributed by atoms with Crippen molar-refractivity contribution in [2.24, 2.45) is 0 Å².